The third-order valence-electron chi connectivity index (χ3n) is 6.11. The second-order valence-corrected chi connectivity index (χ2v) is 8.32. The van der Waals surface area contributed by atoms with E-state index in [0.29, 0.717) is 11.8 Å². The van der Waals surface area contributed by atoms with E-state index in [1.807, 2.05) is 0 Å². The van der Waals surface area contributed by atoms with Crippen LogP contribution in [0.3, 0.4) is 0 Å². The molecule has 1 aliphatic carbocycles. The first kappa shape index (κ1) is 20.2. The third kappa shape index (κ3) is 4.26. The Morgan fingerprint density at radius 3 is 2.20 bits per heavy atom. The highest BCUT2D eigenvalue weighted by Gasteiger charge is 2.16. The van der Waals surface area contributed by atoms with E-state index in [0.717, 1.165) is 12.8 Å². The molecule has 0 bridgehead atoms. The maximum Gasteiger partial charge on any atom is 0.0461 e. The molecule has 0 aromatic heterocycles. The van der Waals surface area contributed by atoms with Gasteiger partial charge >= 0.3 is 0 Å². The normalized spacial score (nSPS) is 16.8. The first-order chi connectivity index (χ1) is 14.7. The molecule has 2 atom stereocenters. The monoisotopic (exact) mass is 393 g/mol. The zero-order valence-electron chi connectivity index (χ0n) is 18.3. The zero-order valence-corrected chi connectivity index (χ0v) is 18.3. The second-order valence-electron chi connectivity index (χ2n) is 8.32. The molecular weight excluding hydrogens is 362 g/mol. The molecule has 152 valence electrons. The van der Waals surface area contributed by atoms with Crippen molar-refractivity contribution in [2.45, 2.75) is 39.5 Å². The van der Waals surface area contributed by atoms with Gasteiger partial charge in [-0.05, 0) is 71.7 Å². The fourth-order valence-electron chi connectivity index (χ4n) is 4.11. The molecule has 4 rings (SSSR count). The Morgan fingerprint density at radius 1 is 0.867 bits per heavy atom. The van der Waals surface area contributed by atoms with Crippen molar-refractivity contribution in [2.75, 3.05) is 4.90 Å². The molecule has 0 radical (unpaired) electrons. The quantitative estimate of drug-likeness (QED) is 0.406. The Labute approximate surface area is 181 Å². The van der Waals surface area contributed by atoms with Gasteiger partial charge in [0.2, 0.25) is 0 Å². The fourth-order valence-corrected chi connectivity index (χ4v) is 4.11. The lowest BCUT2D eigenvalue weighted by molar-refractivity contribution is 0.728. The van der Waals surface area contributed by atoms with Crippen LogP contribution in [-0.4, -0.2) is 0 Å². The minimum atomic E-state index is 0.557. The van der Waals surface area contributed by atoms with Gasteiger partial charge in [0.1, 0.15) is 0 Å². The highest BCUT2D eigenvalue weighted by molar-refractivity contribution is 5.75. The zero-order chi connectivity index (χ0) is 20.9. The van der Waals surface area contributed by atoms with Crippen LogP contribution in [0.1, 0.15) is 45.1 Å². The molecule has 0 spiro atoms. The summed E-state index contributed by atoms with van der Waals surface area (Å²) in [5.74, 6) is 1.16. The summed E-state index contributed by atoms with van der Waals surface area (Å²) in [6, 6.07) is 28.5. The van der Waals surface area contributed by atoms with Crippen molar-refractivity contribution in [3.63, 3.8) is 0 Å². The van der Waals surface area contributed by atoms with Crippen molar-refractivity contribution >= 4 is 11.4 Å². The molecule has 0 heterocycles. The number of benzene rings is 3. The maximum absolute atomic E-state index is 2.35. The number of hydrogen-bond donors (Lipinski definition) is 0. The number of rotatable bonds is 6. The van der Waals surface area contributed by atoms with E-state index in [4.69, 9.17) is 0 Å². The van der Waals surface area contributed by atoms with Gasteiger partial charge in [0.25, 0.3) is 0 Å². The SMILES string of the molecule is CCC(C)c1ccccc1-c1ccc(N(C2=CCC(C)C=C2)c2ccccc2)cc1. The van der Waals surface area contributed by atoms with Gasteiger partial charge < -0.3 is 4.90 Å². The van der Waals surface area contributed by atoms with Gasteiger partial charge in [-0.2, -0.15) is 0 Å². The standard InChI is InChI=1S/C29H31N/c1-4-23(3)28-12-8-9-13-29(28)24-16-20-27(21-17-24)30(25-10-6-5-7-11-25)26-18-14-22(2)15-19-26/h5-14,16-23H,4,15H2,1-3H3. The van der Waals surface area contributed by atoms with Crippen LogP contribution in [-0.2, 0) is 0 Å². The third-order valence-corrected chi connectivity index (χ3v) is 6.11. The molecule has 1 aliphatic rings. The topological polar surface area (TPSA) is 3.24 Å². The number of hydrogen-bond acceptors (Lipinski definition) is 1. The molecule has 3 aromatic carbocycles. The van der Waals surface area contributed by atoms with E-state index in [2.05, 4.69) is 123 Å². The molecule has 1 nitrogen and oxygen atoms in total. The van der Waals surface area contributed by atoms with Crippen LogP contribution in [0, 0.1) is 5.92 Å². The van der Waals surface area contributed by atoms with E-state index in [9.17, 15) is 0 Å². The van der Waals surface area contributed by atoms with Crippen LogP contribution in [0.4, 0.5) is 11.4 Å². The Kier molecular flexibility index (Phi) is 6.18. The highest BCUT2D eigenvalue weighted by atomic mass is 15.1. The molecule has 3 aromatic rings. The van der Waals surface area contributed by atoms with Gasteiger partial charge in [-0.3, -0.25) is 0 Å². The van der Waals surface area contributed by atoms with E-state index in [1.165, 1.54) is 33.8 Å². The summed E-state index contributed by atoms with van der Waals surface area (Å²) in [5, 5.41) is 0. The van der Waals surface area contributed by atoms with Crippen LogP contribution in [0.2, 0.25) is 0 Å². The van der Waals surface area contributed by atoms with Crippen LogP contribution in [0.15, 0.2) is 103 Å². The van der Waals surface area contributed by atoms with Crippen molar-refractivity contribution in [1.29, 1.82) is 0 Å². The minimum Gasteiger partial charge on any atom is -0.311 e. The molecule has 0 amide bonds. The van der Waals surface area contributed by atoms with Gasteiger partial charge in [-0.25, -0.2) is 0 Å². The molecule has 0 saturated carbocycles. The lowest BCUT2D eigenvalue weighted by Crippen LogP contribution is -2.17. The van der Waals surface area contributed by atoms with Crippen LogP contribution < -0.4 is 4.90 Å². The lowest BCUT2D eigenvalue weighted by Gasteiger charge is -2.28. The Bertz CT molecular complexity index is 1030. The fraction of sp³-hybridized carbons (Fsp3) is 0.241. The van der Waals surface area contributed by atoms with Crippen LogP contribution >= 0.6 is 0 Å². The molecule has 0 saturated heterocycles. The minimum absolute atomic E-state index is 0.557. The van der Waals surface area contributed by atoms with Crippen molar-refractivity contribution in [2.24, 2.45) is 5.92 Å². The predicted molar refractivity (Wildman–Crippen MR) is 130 cm³/mol. The largest absolute Gasteiger partial charge is 0.311 e. The molecular formula is C29H31N. The second kappa shape index (κ2) is 9.17. The Balaban J connectivity index is 1.72. The summed E-state index contributed by atoms with van der Waals surface area (Å²) in [6.45, 7) is 6.84. The van der Waals surface area contributed by atoms with E-state index in [1.54, 1.807) is 0 Å². The predicted octanol–water partition coefficient (Wildman–Crippen LogP) is 8.49. The Morgan fingerprint density at radius 2 is 1.53 bits per heavy atom. The van der Waals surface area contributed by atoms with Crippen molar-refractivity contribution in [3.8, 4) is 11.1 Å². The molecule has 0 aliphatic heterocycles. The lowest BCUT2D eigenvalue weighted by atomic mass is 9.90. The number of anilines is 2. The summed E-state index contributed by atoms with van der Waals surface area (Å²) in [7, 11) is 0. The van der Waals surface area contributed by atoms with Gasteiger partial charge in [0.15, 0.2) is 0 Å². The molecule has 0 N–H and O–H groups in total. The molecule has 0 fully saturated rings. The summed E-state index contributed by atoms with van der Waals surface area (Å²) in [4.78, 5) is 2.35. The Hall–Kier alpha value is -3.06. The summed E-state index contributed by atoms with van der Waals surface area (Å²) in [6.07, 6.45) is 9.14. The number of nitrogens with zero attached hydrogens (tertiary/aromatic N) is 1. The van der Waals surface area contributed by atoms with E-state index in [-0.39, 0.29) is 0 Å². The molecule has 30 heavy (non-hydrogen) atoms. The molecule has 1 heteroatoms. The first-order valence-corrected chi connectivity index (χ1v) is 11.1. The average Bonchev–Trinajstić information content (AvgIpc) is 2.81. The maximum atomic E-state index is 2.35. The van der Waals surface area contributed by atoms with Gasteiger partial charge in [0.05, 0.1) is 0 Å². The molecule has 2 unspecified atom stereocenters. The van der Waals surface area contributed by atoms with Gasteiger partial charge in [-0.15, -0.1) is 0 Å². The van der Waals surface area contributed by atoms with Crippen molar-refractivity contribution in [3.05, 3.63) is 108 Å². The first-order valence-electron chi connectivity index (χ1n) is 11.1. The van der Waals surface area contributed by atoms with Crippen LogP contribution in [0.25, 0.3) is 11.1 Å². The van der Waals surface area contributed by atoms with E-state index >= 15 is 0 Å². The number of para-hydroxylation sites is 1. The van der Waals surface area contributed by atoms with Gasteiger partial charge in [0, 0.05) is 17.1 Å². The number of allylic oxidation sites excluding steroid dienone is 3. The smallest absolute Gasteiger partial charge is 0.0461 e. The highest BCUT2D eigenvalue weighted by Crippen LogP contribution is 2.36. The van der Waals surface area contributed by atoms with E-state index < -0.39 is 0 Å². The summed E-state index contributed by atoms with van der Waals surface area (Å²) in [5.41, 5.74) is 7.68. The summed E-state index contributed by atoms with van der Waals surface area (Å²) >= 11 is 0. The van der Waals surface area contributed by atoms with Gasteiger partial charge in [-0.1, -0.05) is 87.5 Å². The van der Waals surface area contributed by atoms with Crippen molar-refractivity contribution < 1.29 is 0 Å². The van der Waals surface area contributed by atoms with Crippen LogP contribution in [0.5, 0.6) is 0 Å². The average molecular weight is 394 g/mol. The summed E-state index contributed by atoms with van der Waals surface area (Å²) < 4.78 is 0. The van der Waals surface area contributed by atoms with Crippen molar-refractivity contribution in [1.82, 2.24) is 0 Å².